The Kier molecular flexibility index (Phi) is 4.31. The molecule has 0 radical (unpaired) electrons. The van der Waals surface area contributed by atoms with E-state index in [1.165, 1.54) is 0 Å². The number of hydrogen-bond acceptors (Lipinski definition) is 5. The summed E-state index contributed by atoms with van der Waals surface area (Å²) in [6, 6.07) is 7.56. The zero-order valence-corrected chi connectivity index (χ0v) is 11.5. The fraction of sp³-hybridized carbons (Fsp3) is 0.308. The zero-order valence-electron chi connectivity index (χ0n) is 11.5. The number of nitrogens with two attached hydrogens (primary N) is 1. The van der Waals surface area contributed by atoms with Crippen molar-refractivity contribution in [3.63, 3.8) is 0 Å². The number of aryl methyl sites for hydroxylation is 1. The van der Waals surface area contributed by atoms with E-state index in [2.05, 4.69) is 20.7 Å². The molecule has 106 valence electrons. The molecule has 0 fully saturated rings. The first-order valence-corrected chi connectivity index (χ1v) is 6.26. The topological polar surface area (TPSA) is 101 Å². The van der Waals surface area contributed by atoms with Gasteiger partial charge in [0.1, 0.15) is 12.2 Å². The van der Waals surface area contributed by atoms with Crippen LogP contribution in [0.15, 0.2) is 35.7 Å². The zero-order chi connectivity index (χ0) is 14.5. The normalized spacial score (nSPS) is 13.4. The standard InChI is InChI=1S/C13H18N6O/c1-9(13-17-16-8-19(13)2)15-7-10-5-3-4-6-11(10)12(14)18-20/h3-6,8-9,15,20H,7H2,1-2H3,(H2,14,18). The number of nitrogens with one attached hydrogen (secondary N) is 1. The summed E-state index contributed by atoms with van der Waals surface area (Å²) in [6.45, 7) is 2.59. The molecular formula is C13H18N6O. The molecule has 1 heterocycles. The summed E-state index contributed by atoms with van der Waals surface area (Å²) in [5, 5.41) is 23.1. The smallest absolute Gasteiger partial charge is 0.170 e. The highest BCUT2D eigenvalue weighted by Crippen LogP contribution is 2.12. The number of rotatable bonds is 5. The van der Waals surface area contributed by atoms with Gasteiger partial charge < -0.3 is 20.8 Å². The Bertz CT molecular complexity index is 606. The molecule has 0 aliphatic carbocycles. The van der Waals surface area contributed by atoms with E-state index in [0.717, 1.165) is 11.4 Å². The Hall–Kier alpha value is -2.41. The molecule has 7 heteroatoms. The van der Waals surface area contributed by atoms with E-state index in [1.807, 2.05) is 42.8 Å². The third kappa shape index (κ3) is 2.94. The van der Waals surface area contributed by atoms with Crippen molar-refractivity contribution < 1.29 is 5.21 Å². The monoisotopic (exact) mass is 274 g/mol. The van der Waals surface area contributed by atoms with Crippen LogP contribution in [0.25, 0.3) is 0 Å². The number of aromatic nitrogens is 3. The number of benzene rings is 1. The van der Waals surface area contributed by atoms with Crippen LogP contribution >= 0.6 is 0 Å². The van der Waals surface area contributed by atoms with Gasteiger partial charge in [0.2, 0.25) is 0 Å². The lowest BCUT2D eigenvalue weighted by Gasteiger charge is -2.14. The Morgan fingerprint density at radius 2 is 2.25 bits per heavy atom. The molecule has 0 saturated heterocycles. The van der Waals surface area contributed by atoms with Gasteiger partial charge in [0.05, 0.1) is 6.04 Å². The second-order valence-electron chi connectivity index (χ2n) is 4.55. The summed E-state index contributed by atoms with van der Waals surface area (Å²) < 4.78 is 1.87. The molecule has 4 N–H and O–H groups in total. The molecule has 1 unspecified atom stereocenters. The Labute approximate surface area is 117 Å². The van der Waals surface area contributed by atoms with Crippen LogP contribution in [-0.4, -0.2) is 25.8 Å². The van der Waals surface area contributed by atoms with Crippen molar-refractivity contribution >= 4 is 5.84 Å². The first-order chi connectivity index (χ1) is 9.63. The molecule has 2 aromatic rings. The van der Waals surface area contributed by atoms with E-state index in [4.69, 9.17) is 10.9 Å². The van der Waals surface area contributed by atoms with Crippen molar-refractivity contribution in [3.8, 4) is 0 Å². The molecular weight excluding hydrogens is 256 g/mol. The molecule has 1 aromatic heterocycles. The third-order valence-corrected chi connectivity index (χ3v) is 3.13. The van der Waals surface area contributed by atoms with Crippen molar-refractivity contribution in [1.29, 1.82) is 0 Å². The third-order valence-electron chi connectivity index (χ3n) is 3.13. The van der Waals surface area contributed by atoms with Crippen LogP contribution in [0.1, 0.15) is 29.9 Å². The van der Waals surface area contributed by atoms with Crippen LogP contribution in [0.4, 0.5) is 0 Å². The van der Waals surface area contributed by atoms with Crippen LogP contribution in [-0.2, 0) is 13.6 Å². The minimum absolute atomic E-state index is 0.0443. The molecule has 0 bridgehead atoms. The molecule has 0 spiro atoms. The fourth-order valence-corrected chi connectivity index (χ4v) is 2.02. The summed E-state index contributed by atoms with van der Waals surface area (Å²) in [6.07, 6.45) is 1.66. The first-order valence-electron chi connectivity index (χ1n) is 6.26. The van der Waals surface area contributed by atoms with Gasteiger partial charge in [-0.1, -0.05) is 29.4 Å². The summed E-state index contributed by atoms with van der Waals surface area (Å²) in [7, 11) is 1.90. The molecule has 0 aliphatic rings. The Morgan fingerprint density at radius 3 is 2.90 bits per heavy atom. The van der Waals surface area contributed by atoms with Gasteiger partial charge in [-0.2, -0.15) is 0 Å². The Balaban J connectivity index is 2.10. The van der Waals surface area contributed by atoms with Gasteiger partial charge in [-0.05, 0) is 12.5 Å². The number of hydrogen-bond donors (Lipinski definition) is 3. The van der Waals surface area contributed by atoms with Crippen LogP contribution in [0.5, 0.6) is 0 Å². The molecule has 1 aromatic carbocycles. The van der Waals surface area contributed by atoms with Crippen molar-refractivity contribution in [1.82, 2.24) is 20.1 Å². The van der Waals surface area contributed by atoms with Gasteiger partial charge in [0, 0.05) is 19.2 Å². The van der Waals surface area contributed by atoms with Crippen molar-refractivity contribution in [2.45, 2.75) is 19.5 Å². The van der Waals surface area contributed by atoms with Gasteiger partial charge >= 0.3 is 0 Å². The van der Waals surface area contributed by atoms with Gasteiger partial charge in [0.25, 0.3) is 0 Å². The Morgan fingerprint density at radius 1 is 1.50 bits per heavy atom. The van der Waals surface area contributed by atoms with E-state index >= 15 is 0 Å². The van der Waals surface area contributed by atoms with E-state index in [-0.39, 0.29) is 11.9 Å². The number of nitrogens with zero attached hydrogens (tertiary/aromatic N) is 4. The maximum absolute atomic E-state index is 8.80. The summed E-state index contributed by atoms with van der Waals surface area (Å²) >= 11 is 0. The molecule has 0 amide bonds. The minimum Gasteiger partial charge on any atom is -0.409 e. The van der Waals surface area contributed by atoms with Crippen LogP contribution in [0.2, 0.25) is 0 Å². The maximum Gasteiger partial charge on any atom is 0.170 e. The summed E-state index contributed by atoms with van der Waals surface area (Å²) in [5.74, 6) is 0.958. The highest BCUT2D eigenvalue weighted by Gasteiger charge is 2.12. The average Bonchev–Trinajstić information content (AvgIpc) is 2.90. The molecule has 0 saturated carbocycles. The number of oxime groups is 1. The van der Waals surface area contributed by atoms with Crippen LogP contribution in [0.3, 0.4) is 0 Å². The summed E-state index contributed by atoms with van der Waals surface area (Å²) in [5.41, 5.74) is 7.34. The van der Waals surface area contributed by atoms with Gasteiger partial charge in [0.15, 0.2) is 5.84 Å². The van der Waals surface area contributed by atoms with E-state index in [0.29, 0.717) is 12.1 Å². The van der Waals surface area contributed by atoms with E-state index in [9.17, 15) is 0 Å². The van der Waals surface area contributed by atoms with Crippen LogP contribution in [0, 0.1) is 0 Å². The minimum atomic E-state index is 0.0443. The average molecular weight is 274 g/mol. The molecule has 7 nitrogen and oxygen atoms in total. The molecule has 2 rings (SSSR count). The van der Waals surface area contributed by atoms with Gasteiger partial charge in [-0.3, -0.25) is 0 Å². The predicted molar refractivity (Wildman–Crippen MR) is 75.2 cm³/mol. The van der Waals surface area contributed by atoms with Crippen molar-refractivity contribution in [2.75, 3.05) is 0 Å². The molecule has 1 atom stereocenters. The van der Waals surface area contributed by atoms with Gasteiger partial charge in [-0.25, -0.2) is 0 Å². The van der Waals surface area contributed by atoms with Crippen molar-refractivity contribution in [3.05, 3.63) is 47.5 Å². The SMILES string of the molecule is CC(NCc1ccccc1C(N)=NO)c1nncn1C. The highest BCUT2D eigenvalue weighted by molar-refractivity contribution is 5.98. The highest BCUT2D eigenvalue weighted by atomic mass is 16.4. The van der Waals surface area contributed by atoms with E-state index in [1.54, 1.807) is 6.33 Å². The molecule has 0 aliphatic heterocycles. The predicted octanol–water partition coefficient (Wildman–Crippen LogP) is 0.760. The quantitative estimate of drug-likeness (QED) is 0.323. The summed E-state index contributed by atoms with van der Waals surface area (Å²) in [4.78, 5) is 0. The van der Waals surface area contributed by atoms with Crippen LogP contribution < -0.4 is 11.1 Å². The largest absolute Gasteiger partial charge is 0.409 e. The lowest BCUT2D eigenvalue weighted by atomic mass is 10.1. The fourth-order valence-electron chi connectivity index (χ4n) is 2.02. The van der Waals surface area contributed by atoms with Crippen molar-refractivity contribution in [2.24, 2.45) is 17.9 Å². The lowest BCUT2D eigenvalue weighted by molar-refractivity contribution is 0.318. The second kappa shape index (κ2) is 6.16. The van der Waals surface area contributed by atoms with E-state index < -0.39 is 0 Å². The maximum atomic E-state index is 8.80. The number of amidine groups is 1. The van der Waals surface area contributed by atoms with Gasteiger partial charge in [-0.15, -0.1) is 10.2 Å². The second-order valence-corrected chi connectivity index (χ2v) is 4.55. The lowest BCUT2D eigenvalue weighted by Crippen LogP contribution is -2.23. The first kappa shape index (κ1) is 14.0. The molecule has 20 heavy (non-hydrogen) atoms.